The Bertz CT molecular complexity index is 784. The van der Waals surface area contributed by atoms with E-state index in [0.717, 1.165) is 0 Å². The van der Waals surface area contributed by atoms with Crippen molar-refractivity contribution < 1.29 is 90.1 Å². The molecule has 372 valence electrons. The summed E-state index contributed by atoms with van der Waals surface area (Å²) in [6, 6.07) is 0. The number of Topliss-reactive ketones (excluding diaryl/α,β-unsaturated/α-hetero) is 1. The highest BCUT2D eigenvalue weighted by Gasteiger charge is 2.36. The van der Waals surface area contributed by atoms with E-state index in [-0.39, 0.29) is 57.3 Å². The predicted octanol–water partition coefficient (Wildman–Crippen LogP) is 3.55. The third-order valence-electron chi connectivity index (χ3n) is 9.10. The molecule has 0 aromatic carbocycles. The van der Waals surface area contributed by atoms with E-state index in [1.54, 1.807) is 42.7 Å². The van der Waals surface area contributed by atoms with E-state index < -0.39 is 11.9 Å². The van der Waals surface area contributed by atoms with Crippen molar-refractivity contribution in [2.45, 2.75) is 64.3 Å². The van der Waals surface area contributed by atoms with Gasteiger partial charge in [0.25, 0.3) is 11.9 Å². The molecule has 0 fully saturated rings. The summed E-state index contributed by atoms with van der Waals surface area (Å²) in [5.74, 6) is -3.13. The lowest BCUT2D eigenvalue weighted by molar-refractivity contribution is -0.388. The standard InChI is InChI=1S/C43H86O19/c1-39(11-9-13-42(57-33-27-51-21-15-45-3,58-34-28-52-22-16-46-4)59-35-29-53-23-17-47-5)41(44)40(2)12-10-14-43(60-36-30-54-24-18-48-6,61-37-31-55-25-19-49-7)62-38-32-56-26-20-50-8/h39-40H,9-38H2,1-8H3. The third-order valence-corrected chi connectivity index (χ3v) is 9.10. The Kier molecular flexibility index (Phi) is 44.4. The average molecular weight is 907 g/mol. The highest BCUT2D eigenvalue weighted by atomic mass is 16.9. The molecule has 0 amide bonds. The molecule has 62 heavy (non-hydrogen) atoms. The van der Waals surface area contributed by atoms with Crippen LogP contribution < -0.4 is 0 Å². The van der Waals surface area contributed by atoms with Crippen LogP contribution in [-0.4, -0.2) is 219 Å². The van der Waals surface area contributed by atoms with E-state index in [1.807, 2.05) is 13.8 Å². The minimum atomic E-state index is -1.41. The Morgan fingerprint density at radius 3 is 0.710 bits per heavy atom. The smallest absolute Gasteiger partial charge is 0.283 e. The van der Waals surface area contributed by atoms with Gasteiger partial charge in [0.2, 0.25) is 0 Å². The number of ketones is 1. The quantitative estimate of drug-likeness (QED) is 0.0638. The molecule has 0 saturated carbocycles. The van der Waals surface area contributed by atoms with Gasteiger partial charge in [-0.3, -0.25) is 4.79 Å². The van der Waals surface area contributed by atoms with Crippen LogP contribution in [-0.2, 0) is 90.1 Å². The van der Waals surface area contributed by atoms with Gasteiger partial charge in [-0.25, -0.2) is 0 Å². The largest absolute Gasteiger partial charge is 0.382 e. The molecule has 0 radical (unpaired) electrons. The van der Waals surface area contributed by atoms with Crippen LogP contribution in [0.2, 0.25) is 0 Å². The molecule has 0 heterocycles. The first-order valence-electron chi connectivity index (χ1n) is 22.1. The summed E-state index contributed by atoms with van der Waals surface area (Å²) < 4.78 is 102. The van der Waals surface area contributed by atoms with Gasteiger partial charge in [0.15, 0.2) is 0 Å². The first-order chi connectivity index (χ1) is 30.3. The van der Waals surface area contributed by atoms with E-state index in [4.69, 9.17) is 85.3 Å². The summed E-state index contributed by atoms with van der Waals surface area (Å²) in [5.41, 5.74) is 0. The lowest BCUT2D eigenvalue weighted by Gasteiger charge is -2.34. The Balaban J connectivity index is 5.69. The molecule has 19 nitrogen and oxygen atoms in total. The Morgan fingerprint density at radius 1 is 0.323 bits per heavy atom. The van der Waals surface area contributed by atoms with Crippen molar-refractivity contribution >= 4 is 5.78 Å². The zero-order chi connectivity index (χ0) is 45.7. The van der Waals surface area contributed by atoms with Gasteiger partial charge in [-0.15, -0.1) is 0 Å². The predicted molar refractivity (Wildman–Crippen MR) is 228 cm³/mol. The zero-order valence-electron chi connectivity index (χ0n) is 39.6. The summed E-state index contributed by atoms with van der Waals surface area (Å²) >= 11 is 0. The van der Waals surface area contributed by atoms with Crippen molar-refractivity contribution in [2.75, 3.05) is 201 Å². The van der Waals surface area contributed by atoms with Crippen LogP contribution in [0.5, 0.6) is 0 Å². The lowest BCUT2D eigenvalue weighted by atomic mass is 9.88. The van der Waals surface area contributed by atoms with Crippen molar-refractivity contribution in [1.82, 2.24) is 0 Å². The van der Waals surface area contributed by atoms with Gasteiger partial charge in [-0.2, -0.15) is 0 Å². The van der Waals surface area contributed by atoms with Crippen molar-refractivity contribution in [3.8, 4) is 0 Å². The summed E-state index contributed by atoms with van der Waals surface area (Å²) in [6.45, 7) is 12.5. The van der Waals surface area contributed by atoms with Gasteiger partial charge in [-0.1, -0.05) is 13.8 Å². The fourth-order valence-electron chi connectivity index (χ4n) is 5.71. The second-order valence-electron chi connectivity index (χ2n) is 14.1. The molecule has 0 bridgehead atoms. The maximum absolute atomic E-state index is 13.8. The molecule has 0 aliphatic rings. The third kappa shape index (κ3) is 35.2. The van der Waals surface area contributed by atoms with Gasteiger partial charge in [0.05, 0.1) is 159 Å². The van der Waals surface area contributed by atoms with Crippen molar-refractivity contribution in [1.29, 1.82) is 0 Å². The van der Waals surface area contributed by atoms with Gasteiger partial charge in [-0.05, 0) is 25.7 Å². The van der Waals surface area contributed by atoms with Crippen LogP contribution in [0.25, 0.3) is 0 Å². The summed E-state index contributed by atoms with van der Waals surface area (Å²) in [4.78, 5) is 13.8. The second-order valence-corrected chi connectivity index (χ2v) is 14.1. The average Bonchev–Trinajstić information content (AvgIpc) is 3.27. The molecular formula is C43H86O19. The fourth-order valence-corrected chi connectivity index (χ4v) is 5.71. The number of hydrogen-bond acceptors (Lipinski definition) is 19. The first-order valence-corrected chi connectivity index (χ1v) is 22.1. The van der Waals surface area contributed by atoms with Gasteiger partial charge < -0.3 is 85.3 Å². The number of ether oxygens (including phenoxy) is 18. The summed E-state index contributed by atoms with van der Waals surface area (Å²) in [5, 5.41) is 0. The molecule has 2 atom stereocenters. The number of hydrogen-bond donors (Lipinski definition) is 0. The van der Waals surface area contributed by atoms with Crippen molar-refractivity contribution in [3.63, 3.8) is 0 Å². The van der Waals surface area contributed by atoms with Gasteiger partial charge >= 0.3 is 0 Å². The minimum Gasteiger partial charge on any atom is -0.382 e. The fraction of sp³-hybridized carbons (Fsp3) is 0.977. The Hall–Kier alpha value is -1.05. The summed E-state index contributed by atoms with van der Waals surface area (Å²) in [7, 11) is 9.71. The topological polar surface area (TPSA) is 183 Å². The molecule has 0 aromatic heterocycles. The molecule has 2 unspecified atom stereocenters. The molecule has 0 N–H and O–H groups in total. The highest BCUT2D eigenvalue weighted by molar-refractivity contribution is 5.82. The highest BCUT2D eigenvalue weighted by Crippen LogP contribution is 2.28. The maximum Gasteiger partial charge on any atom is 0.283 e. The second kappa shape index (κ2) is 45.1. The van der Waals surface area contributed by atoms with E-state index in [0.29, 0.717) is 157 Å². The maximum atomic E-state index is 13.8. The molecule has 0 spiro atoms. The minimum absolute atomic E-state index is 0.154. The SMILES string of the molecule is COCCOCCOC(CCCC(C)C(=O)C(C)CCCC(OCCOCCOC)(OCCOCCOC)OCCOCCOC)(OCCOCCOC)OCCOCCOC. The van der Waals surface area contributed by atoms with Crippen LogP contribution in [0.3, 0.4) is 0 Å². The first kappa shape index (κ1) is 60.9. The molecular weight excluding hydrogens is 820 g/mol. The molecule has 0 aromatic rings. The van der Waals surface area contributed by atoms with Crippen LogP contribution in [0.15, 0.2) is 0 Å². The van der Waals surface area contributed by atoms with E-state index in [1.165, 1.54) is 0 Å². The number of carbonyl (C=O) groups excluding carboxylic acids is 1. The molecule has 19 heteroatoms. The molecule has 0 saturated heterocycles. The monoisotopic (exact) mass is 907 g/mol. The van der Waals surface area contributed by atoms with E-state index in [9.17, 15) is 4.79 Å². The van der Waals surface area contributed by atoms with Crippen LogP contribution in [0.4, 0.5) is 0 Å². The van der Waals surface area contributed by atoms with Gasteiger partial charge in [0.1, 0.15) is 5.78 Å². The van der Waals surface area contributed by atoms with Crippen LogP contribution in [0, 0.1) is 11.8 Å². The van der Waals surface area contributed by atoms with Crippen molar-refractivity contribution in [2.24, 2.45) is 11.8 Å². The van der Waals surface area contributed by atoms with Crippen LogP contribution in [0.1, 0.15) is 52.4 Å². The number of carbonyl (C=O) groups is 1. The molecule has 0 rings (SSSR count). The molecule has 0 aliphatic carbocycles. The zero-order valence-corrected chi connectivity index (χ0v) is 39.6. The Morgan fingerprint density at radius 2 is 0.516 bits per heavy atom. The summed E-state index contributed by atoms with van der Waals surface area (Å²) in [6.07, 6.45) is 3.08. The normalized spacial score (nSPS) is 13.3. The van der Waals surface area contributed by atoms with E-state index >= 15 is 0 Å². The van der Waals surface area contributed by atoms with E-state index in [2.05, 4.69) is 0 Å². The van der Waals surface area contributed by atoms with Gasteiger partial charge in [0, 0.05) is 67.3 Å². The number of rotatable bonds is 52. The van der Waals surface area contributed by atoms with Crippen LogP contribution >= 0.6 is 0 Å². The number of methoxy groups -OCH3 is 6. The lowest BCUT2D eigenvalue weighted by Crippen LogP contribution is -2.42. The van der Waals surface area contributed by atoms with Crippen molar-refractivity contribution in [3.05, 3.63) is 0 Å². The molecule has 0 aliphatic heterocycles. The Labute approximate surface area is 372 Å².